The molecule has 1 N–H and O–H groups in total. The zero-order chi connectivity index (χ0) is 17.3. The average molecular weight is 329 g/mol. The highest BCUT2D eigenvalue weighted by Crippen LogP contribution is 2.42. The summed E-state index contributed by atoms with van der Waals surface area (Å²) in [5, 5.41) is 7.11. The number of hydrogen-bond donors (Lipinski definition) is 1. The van der Waals surface area contributed by atoms with Crippen molar-refractivity contribution < 1.29 is 14.3 Å². The standard InChI is InChI=1S/C18H23N3O3/c1-5-18(3)23-15-8-7-14(10-16(15)24-18)20-17(22)9-6-13-11-19-21(4)12(13)2/h7-8,10-11H,5-6,9H2,1-4H3,(H,20,22). The Bertz CT molecular complexity index is 769. The van der Waals surface area contributed by atoms with Crippen LogP contribution in [0.1, 0.15) is 37.9 Å². The van der Waals surface area contributed by atoms with Crippen molar-refractivity contribution in [1.29, 1.82) is 0 Å². The molecule has 1 atom stereocenters. The van der Waals surface area contributed by atoms with E-state index < -0.39 is 5.79 Å². The van der Waals surface area contributed by atoms with E-state index >= 15 is 0 Å². The Morgan fingerprint density at radius 2 is 2.08 bits per heavy atom. The highest BCUT2D eigenvalue weighted by atomic mass is 16.7. The molecule has 24 heavy (non-hydrogen) atoms. The van der Waals surface area contributed by atoms with Crippen LogP contribution in [-0.2, 0) is 18.3 Å². The molecular weight excluding hydrogens is 306 g/mol. The van der Waals surface area contributed by atoms with E-state index in [9.17, 15) is 4.79 Å². The monoisotopic (exact) mass is 329 g/mol. The van der Waals surface area contributed by atoms with Gasteiger partial charge in [-0.3, -0.25) is 9.48 Å². The lowest BCUT2D eigenvalue weighted by Gasteiger charge is -2.20. The topological polar surface area (TPSA) is 65.4 Å². The van der Waals surface area contributed by atoms with Gasteiger partial charge in [-0.15, -0.1) is 0 Å². The molecule has 0 fully saturated rings. The Balaban J connectivity index is 1.60. The number of aryl methyl sites for hydroxylation is 2. The third kappa shape index (κ3) is 3.22. The molecule has 1 aromatic heterocycles. The number of benzene rings is 1. The Labute approximate surface area is 141 Å². The molecule has 0 saturated carbocycles. The van der Waals surface area contributed by atoms with Crippen molar-refractivity contribution in [3.8, 4) is 11.5 Å². The van der Waals surface area contributed by atoms with E-state index in [0.717, 1.165) is 17.7 Å². The van der Waals surface area contributed by atoms with Gasteiger partial charge >= 0.3 is 0 Å². The van der Waals surface area contributed by atoms with Crippen LogP contribution in [-0.4, -0.2) is 21.5 Å². The van der Waals surface area contributed by atoms with Crippen LogP contribution in [0.5, 0.6) is 11.5 Å². The number of fused-ring (bicyclic) bond motifs is 1. The second-order valence-corrected chi connectivity index (χ2v) is 6.28. The number of carbonyl (C=O) groups excluding carboxylic acids is 1. The maximum Gasteiger partial charge on any atom is 0.248 e. The van der Waals surface area contributed by atoms with Crippen molar-refractivity contribution in [1.82, 2.24) is 9.78 Å². The minimum atomic E-state index is -0.622. The molecule has 128 valence electrons. The molecule has 1 aliphatic rings. The summed E-state index contributed by atoms with van der Waals surface area (Å²) in [6, 6.07) is 5.47. The van der Waals surface area contributed by atoms with E-state index in [2.05, 4.69) is 10.4 Å². The van der Waals surface area contributed by atoms with Crippen LogP contribution in [0.15, 0.2) is 24.4 Å². The summed E-state index contributed by atoms with van der Waals surface area (Å²) in [5.74, 6) is 0.724. The lowest BCUT2D eigenvalue weighted by atomic mass is 10.1. The number of nitrogens with zero attached hydrogens (tertiary/aromatic N) is 2. The van der Waals surface area contributed by atoms with Gasteiger partial charge in [-0.1, -0.05) is 6.92 Å². The molecule has 0 radical (unpaired) electrons. The molecule has 1 amide bonds. The number of aromatic nitrogens is 2. The average Bonchev–Trinajstić information content (AvgIpc) is 3.05. The number of amides is 1. The zero-order valence-electron chi connectivity index (χ0n) is 14.5. The van der Waals surface area contributed by atoms with Gasteiger partial charge in [0.2, 0.25) is 11.7 Å². The SMILES string of the molecule is CCC1(C)Oc2ccc(NC(=O)CCc3cnn(C)c3C)cc2O1. The van der Waals surface area contributed by atoms with Crippen molar-refractivity contribution >= 4 is 11.6 Å². The second kappa shape index (κ2) is 6.19. The summed E-state index contributed by atoms with van der Waals surface area (Å²) in [6.45, 7) is 5.92. The van der Waals surface area contributed by atoms with Crippen molar-refractivity contribution in [2.24, 2.45) is 7.05 Å². The first kappa shape index (κ1) is 16.4. The molecule has 0 spiro atoms. The Hall–Kier alpha value is -2.50. The molecule has 6 nitrogen and oxygen atoms in total. The lowest BCUT2D eigenvalue weighted by molar-refractivity contribution is -0.116. The zero-order valence-corrected chi connectivity index (χ0v) is 14.5. The van der Waals surface area contributed by atoms with E-state index in [4.69, 9.17) is 9.47 Å². The molecule has 6 heteroatoms. The van der Waals surface area contributed by atoms with Crippen LogP contribution >= 0.6 is 0 Å². The maximum absolute atomic E-state index is 12.2. The highest BCUT2D eigenvalue weighted by molar-refractivity contribution is 5.91. The maximum atomic E-state index is 12.2. The summed E-state index contributed by atoms with van der Waals surface area (Å²) >= 11 is 0. The van der Waals surface area contributed by atoms with Crippen LogP contribution in [0, 0.1) is 6.92 Å². The molecule has 1 aliphatic heterocycles. The predicted molar refractivity (Wildman–Crippen MR) is 91.3 cm³/mol. The fraction of sp³-hybridized carbons (Fsp3) is 0.444. The number of ether oxygens (including phenoxy) is 2. The van der Waals surface area contributed by atoms with Crippen molar-refractivity contribution in [2.75, 3.05) is 5.32 Å². The van der Waals surface area contributed by atoms with Gasteiger partial charge in [-0.05, 0) is 31.0 Å². The van der Waals surface area contributed by atoms with Gasteiger partial charge in [0.15, 0.2) is 11.5 Å². The third-order valence-electron chi connectivity index (χ3n) is 4.48. The quantitative estimate of drug-likeness (QED) is 0.915. The second-order valence-electron chi connectivity index (χ2n) is 6.28. The van der Waals surface area contributed by atoms with Crippen LogP contribution in [0.3, 0.4) is 0 Å². The number of rotatable bonds is 5. The minimum Gasteiger partial charge on any atom is -0.449 e. The van der Waals surface area contributed by atoms with E-state index in [1.54, 1.807) is 0 Å². The fourth-order valence-corrected chi connectivity index (χ4v) is 2.64. The van der Waals surface area contributed by atoms with E-state index in [1.807, 2.05) is 56.9 Å². The van der Waals surface area contributed by atoms with Gasteiger partial charge < -0.3 is 14.8 Å². The van der Waals surface area contributed by atoms with Crippen molar-refractivity contribution in [3.63, 3.8) is 0 Å². The smallest absolute Gasteiger partial charge is 0.248 e. The molecule has 1 unspecified atom stereocenters. The molecular formula is C18H23N3O3. The van der Waals surface area contributed by atoms with Gasteiger partial charge in [-0.25, -0.2) is 0 Å². The minimum absolute atomic E-state index is 0.0321. The van der Waals surface area contributed by atoms with E-state index in [-0.39, 0.29) is 5.91 Å². The molecule has 0 saturated heterocycles. The first-order valence-electron chi connectivity index (χ1n) is 8.19. The van der Waals surface area contributed by atoms with Crippen LogP contribution < -0.4 is 14.8 Å². The van der Waals surface area contributed by atoms with Crippen LogP contribution in [0.4, 0.5) is 5.69 Å². The molecule has 2 heterocycles. The summed E-state index contributed by atoms with van der Waals surface area (Å²) in [6.07, 6.45) is 3.64. The molecule has 3 rings (SSSR count). The van der Waals surface area contributed by atoms with Crippen molar-refractivity contribution in [3.05, 3.63) is 35.7 Å². The number of nitrogens with one attached hydrogen (secondary N) is 1. The highest BCUT2D eigenvalue weighted by Gasteiger charge is 2.34. The number of carbonyl (C=O) groups is 1. The Kier molecular flexibility index (Phi) is 4.22. The normalized spacial score (nSPS) is 18.7. The first-order valence-corrected chi connectivity index (χ1v) is 8.19. The van der Waals surface area contributed by atoms with Gasteiger partial charge in [-0.2, -0.15) is 5.10 Å². The van der Waals surface area contributed by atoms with Gasteiger partial charge in [0, 0.05) is 44.3 Å². The van der Waals surface area contributed by atoms with Gasteiger partial charge in [0.1, 0.15) is 0 Å². The third-order valence-corrected chi connectivity index (χ3v) is 4.48. The molecule has 1 aromatic carbocycles. The van der Waals surface area contributed by atoms with Gasteiger partial charge in [0.05, 0.1) is 6.20 Å². The van der Waals surface area contributed by atoms with E-state index in [1.165, 1.54) is 0 Å². The predicted octanol–water partition coefficient (Wildman–Crippen LogP) is 3.20. The number of hydrogen-bond acceptors (Lipinski definition) is 4. The molecule has 2 aromatic rings. The summed E-state index contributed by atoms with van der Waals surface area (Å²) < 4.78 is 13.4. The Morgan fingerprint density at radius 1 is 1.33 bits per heavy atom. The van der Waals surface area contributed by atoms with Crippen LogP contribution in [0.2, 0.25) is 0 Å². The fourth-order valence-electron chi connectivity index (χ4n) is 2.64. The Morgan fingerprint density at radius 3 is 2.75 bits per heavy atom. The largest absolute Gasteiger partial charge is 0.449 e. The number of anilines is 1. The summed E-state index contributed by atoms with van der Waals surface area (Å²) in [7, 11) is 1.90. The molecule has 0 aliphatic carbocycles. The van der Waals surface area contributed by atoms with E-state index in [0.29, 0.717) is 30.0 Å². The summed E-state index contributed by atoms with van der Waals surface area (Å²) in [4.78, 5) is 12.2. The van der Waals surface area contributed by atoms with Gasteiger partial charge in [0.25, 0.3) is 0 Å². The van der Waals surface area contributed by atoms with Crippen LogP contribution in [0.25, 0.3) is 0 Å². The first-order chi connectivity index (χ1) is 11.4. The van der Waals surface area contributed by atoms with Crippen molar-refractivity contribution in [2.45, 2.75) is 45.8 Å². The lowest BCUT2D eigenvalue weighted by Crippen LogP contribution is -2.33. The summed E-state index contributed by atoms with van der Waals surface area (Å²) in [5.41, 5.74) is 2.90. The molecule has 0 bridgehead atoms.